The van der Waals surface area contributed by atoms with Crippen LogP contribution in [0.5, 0.6) is 5.88 Å². The molecule has 0 fully saturated rings. The predicted molar refractivity (Wildman–Crippen MR) is 79.8 cm³/mol. The molecule has 0 radical (unpaired) electrons. The number of hydrogen-bond acceptors (Lipinski definition) is 6. The number of anilines is 1. The molecule has 126 valence electrons. The largest absolute Gasteiger partial charge is 0.481 e. The molecule has 3 rings (SSSR count). The molecule has 7 nitrogen and oxygen atoms in total. The first kappa shape index (κ1) is 16.0. The summed E-state index contributed by atoms with van der Waals surface area (Å²) in [6.07, 6.45) is -1.68. The van der Waals surface area contributed by atoms with Gasteiger partial charge >= 0.3 is 6.18 Å². The van der Waals surface area contributed by atoms with Gasteiger partial charge in [-0.1, -0.05) is 6.07 Å². The Morgan fingerprint density at radius 3 is 2.71 bits per heavy atom. The summed E-state index contributed by atoms with van der Waals surface area (Å²) >= 11 is 0. The average Bonchev–Trinajstić information content (AvgIpc) is 2.97. The Morgan fingerprint density at radius 1 is 1.25 bits per heavy atom. The minimum absolute atomic E-state index is 0.0178. The van der Waals surface area contributed by atoms with E-state index in [2.05, 4.69) is 25.3 Å². The van der Waals surface area contributed by atoms with Gasteiger partial charge < -0.3 is 14.6 Å². The smallest absolute Gasteiger partial charge is 0.451 e. The highest BCUT2D eigenvalue weighted by Crippen LogP contribution is 2.30. The van der Waals surface area contributed by atoms with E-state index in [4.69, 9.17) is 4.74 Å². The third-order valence-electron chi connectivity index (χ3n) is 3.34. The van der Waals surface area contributed by atoms with Gasteiger partial charge in [0, 0.05) is 18.8 Å². The molecule has 3 aromatic rings. The number of aromatic nitrogens is 5. The fourth-order valence-electron chi connectivity index (χ4n) is 2.27. The standard InChI is InChI=1S/C14H13F3N6O/c1-18-10-9-11(22-13(21-10)14(15,16)17)23(7-20-9)6-8-4-3-5-19-12(8)24-2/h3-5,7H,6H2,1-2H3,(H,18,21,22). The molecular formula is C14H13F3N6O. The molecule has 3 heterocycles. The van der Waals surface area contributed by atoms with Gasteiger partial charge in [-0.2, -0.15) is 13.2 Å². The maximum atomic E-state index is 13.0. The van der Waals surface area contributed by atoms with E-state index in [1.807, 2.05) is 0 Å². The number of fused-ring (bicyclic) bond motifs is 1. The van der Waals surface area contributed by atoms with Crippen LogP contribution in [0.3, 0.4) is 0 Å². The van der Waals surface area contributed by atoms with Gasteiger partial charge in [0.15, 0.2) is 11.5 Å². The minimum atomic E-state index is -4.65. The Bertz CT molecular complexity index is 877. The molecule has 0 amide bonds. The summed E-state index contributed by atoms with van der Waals surface area (Å²) in [5.41, 5.74) is 1.03. The molecule has 1 N–H and O–H groups in total. The third kappa shape index (κ3) is 2.82. The molecule has 0 aliphatic carbocycles. The number of imidazole rings is 1. The molecule has 0 bridgehead atoms. The second-order valence-corrected chi connectivity index (χ2v) is 4.86. The van der Waals surface area contributed by atoms with Crippen molar-refractivity contribution in [2.45, 2.75) is 12.7 Å². The molecule has 0 spiro atoms. The van der Waals surface area contributed by atoms with Crippen molar-refractivity contribution in [1.82, 2.24) is 24.5 Å². The summed E-state index contributed by atoms with van der Waals surface area (Å²) < 4.78 is 45.7. The van der Waals surface area contributed by atoms with Crippen molar-refractivity contribution >= 4 is 17.0 Å². The van der Waals surface area contributed by atoms with Crippen LogP contribution in [0.1, 0.15) is 11.4 Å². The van der Waals surface area contributed by atoms with Crippen molar-refractivity contribution in [1.29, 1.82) is 0 Å². The first-order valence-electron chi connectivity index (χ1n) is 6.89. The van der Waals surface area contributed by atoms with Gasteiger partial charge in [-0.15, -0.1) is 0 Å². The van der Waals surface area contributed by atoms with Gasteiger partial charge in [-0.25, -0.2) is 19.9 Å². The van der Waals surface area contributed by atoms with Gasteiger partial charge in [0.2, 0.25) is 11.7 Å². The van der Waals surface area contributed by atoms with Crippen LogP contribution in [0.25, 0.3) is 11.2 Å². The number of pyridine rings is 1. The lowest BCUT2D eigenvalue weighted by atomic mass is 10.2. The zero-order chi connectivity index (χ0) is 17.3. The van der Waals surface area contributed by atoms with Crippen LogP contribution < -0.4 is 10.1 Å². The molecule has 3 aromatic heterocycles. The van der Waals surface area contributed by atoms with Crippen LogP contribution in [-0.2, 0) is 12.7 Å². The summed E-state index contributed by atoms with van der Waals surface area (Å²) in [5.74, 6) is -0.818. The minimum Gasteiger partial charge on any atom is -0.481 e. The van der Waals surface area contributed by atoms with E-state index in [1.54, 1.807) is 18.3 Å². The van der Waals surface area contributed by atoms with E-state index >= 15 is 0 Å². The van der Waals surface area contributed by atoms with E-state index in [1.165, 1.54) is 25.1 Å². The summed E-state index contributed by atoms with van der Waals surface area (Å²) in [4.78, 5) is 15.3. The molecule has 0 aromatic carbocycles. The van der Waals surface area contributed by atoms with Gasteiger partial charge in [-0.3, -0.25) is 0 Å². The molecule has 0 unspecified atom stereocenters. The number of nitrogens with one attached hydrogen (secondary N) is 1. The average molecular weight is 338 g/mol. The van der Waals surface area contributed by atoms with Crippen LogP contribution in [0.4, 0.5) is 19.0 Å². The van der Waals surface area contributed by atoms with E-state index in [0.29, 0.717) is 11.4 Å². The number of methoxy groups -OCH3 is 1. The second kappa shape index (κ2) is 5.95. The van der Waals surface area contributed by atoms with Gasteiger partial charge in [0.05, 0.1) is 20.0 Å². The quantitative estimate of drug-likeness (QED) is 0.787. The van der Waals surface area contributed by atoms with Gasteiger partial charge in [0.1, 0.15) is 5.52 Å². The first-order chi connectivity index (χ1) is 11.4. The van der Waals surface area contributed by atoms with Gasteiger partial charge in [-0.05, 0) is 6.07 Å². The highest BCUT2D eigenvalue weighted by Gasteiger charge is 2.36. The Balaban J connectivity index is 2.12. The van der Waals surface area contributed by atoms with E-state index in [9.17, 15) is 13.2 Å². The molecule has 0 atom stereocenters. The summed E-state index contributed by atoms with van der Waals surface area (Å²) in [6.45, 7) is 0.213. The Labute approximate surface area is 134 Å². The van der Waals surface area contributed by atoms with Crippen molar-refractivity contribution in [2.24, 2.45) is 0 Å². The number of hydrogen-bond donors (Lipinski definition) is 1. The summed E-state index contributed by atoms with van der Waals surface area (Å²) in [6, 6.07) is 3.48. The number of halogens is 3. The van der Waals surface area contributed by atoms with Crippen molar-refractivity contribution in [3.05, 3.63) is 36.0 Å². The predicted octanol–water partition coefficient (Wildman–Crippen LogP) is 2.34. The number of alkyl halides is 3. The fourth-order valence-corrected chi connectivity index (χ4v) is 2.27. The van der Waals surface area contributed by atoms with Crippen molar-refractivity contribution < 1.29 is 17.9 Å². The SMILES string of the molecule is CNc1nc(C(F)(F)F)nc2c1ncn2Cc1cccnc1OC. The van der Waals surface area contributed by atoms with Crippen LogP contribution in [-0.4, -0.2) is 38.7 Å². The highest BCUT2D eigenvalue weighted by molar-refractivity contribution is 5.83. The zero-order valence-corrected chi connectivity index (χ0v) is 12.8. The van der Waals surface area contributed by atoms with E-state index in [0.717, 1.165) is 0 Å². The molecular weight excluding hydrogens is 325 g/mol. The molecule has 0 aliphatic rings. The third-order valence-corrected chi connectivity index (χ3v) is 3.34. The van der Waals surface area contributed by atoms with Gasteiger partial charge in [0.25, 0.3) is 0 Å². The zero-order valence-electron chi connectivity index (χ0n) is 12.8. The normalized spacial score (nSPS) is 11.7. The van der Waals surface area contributed by atoms with Crippen molar-refractivity contribution in [3.8, 4) is 5.88 Å². The Morgan fingerprint density at radius 2 is 2.04 bits per heavy atom. The highest BCUT2D eigenvalue weighted by atomic mass is 19.4. The number of ether oxygens (including phenoxy) is 1. The Hall–Kier alpha value is -2.91. The fraction of sp³-hybridized carbons (Fsp3) is 0.286. The van der Waals surface area contributed by atoms with E-state index in [-0.39, 0.29) is 23.5 Å². The lowest BCUT2D eigenvalue weighted by Crippen LogP contribution is -2.14. The van der Waals surface area contributed by atoms with Crippen LogP contribution >= 0.6 is 0 Å². The summed E-state index contributed by atoms with van der Waals surface area (Å²) in [5, 5.41) is 2.62. The molecule has 0 saturated heterocycles. The lowest BCUT2D eigenvalue weighted by molar-refractivity contribution is -0.144. The molecule has 0 saturated carbocycles. The van der Waals surface area contributed by atoms with Crippen LogP contribution in [0, 0.1) is 0 Å². The van der Waals surface area contributed by atoms with Crippen LogP contribution in [0.15, 0.2) is 24.7 Å². The molecule has 24 heavy (non-hydrogen) atoms. The number of nitrogens with zero attached hydrogens (tertiary/aromatic N) is 5. The Kier molecular flexibility index (Phi) is 3.96. The van der Waals surface area contributed by atoms with Crippen molar-refractivity contribution in [2.75, 3.05) is 19.5 Å². The maximum absolute atomic E-state index is 13.0. The molecule has 0 aliphatic heterocycles. The number of rotatable bonds is 4. The monoisotopic (exact) mass is 338 g/mol. The lowest BCUT2D eigenvalue weighted by Gasteiger charge is -2.10. The maximum Gasteiger partial charge on any atom is 0.451 e. The topological polar surface area (TPSA) is 77.8 Å². The molecule has 10 heteroatoms. The summed E-state index contributed by atoms with van der Waals surface area (Å²) in [7, 11) is 2.95. The second-order valence-electron chi connectivity index (χ2n) is 4.86. The van der Waals surface area contributed by atoms with E-state index < -0.39 is 12.0 Å². The van der Waals surface area contributed by atoms with Crippen molar-refractivity contribution in [3.63, 3.8) is 0 Å². The van der Waals surface area contributed by atoms with Crippen LogP contribution in [0.2, 0.25) is 0 Å². The first-order valence-corrected chi connectivity index (χ1v) is 6.89.